The van der Waals surface area contributed by atoms with E-state index in [2.05, 4.69) is 4.98 Å². The van der Waals surface area contributed by atoms with Crippen molar-refractivity contribution in [1.82, 2.24) is 4.98 Å². The van der Waals surface area contributed by atoms with E-state index in [0.29, 0.717) is 5.69 Å². The summed E-state index contributed by atoms with van der Waals surface area (Å²) in [5.41, 5.74) is 0.718. The quantitative estimate of drug-likeness (QED) is 0.687. The molecule has 0 bridgehead atoms. The molecular weight excluding hydrogens is 170 g/mol. The van der Waals surface area contributed by atoms with Crippen molar-refractivity contribution in [3.05, 3.63) is 29.6 Å². The number of ketones is 1. The van der Waals surface area contributed by atoms with Crippen LogP contribution in [0.5, 0.6) is 0 Å². The van der Waals surface area contributed by atoms with E-state index in [9.17, 15) is 9.59 Å². The topological polar surface area (TPSA) is 70.2 Å². The van der Waals surface area contributed by atoms with Gasteiger partial charge in [0.25, 0.3) is 0 Å². The second kappa shape index (κ2) is 3.71. The van der Waals surface area contributed by atoms with E-state index >= 15 is 0 Å². The number of carboxylic acid groups (broad SMARTS) is 1. The molecule has 0 unspecified atom stereocenters. The normalized spacial score (nSPS) is 10.5. The fraction of sp³-hybridized carbons (Fsp3) is 0.111. The van der Waals surface area contributed by atoms with Crippen LogP contribution in [0.3, 0.4) is 0 Å². The Balaban J connectivity index is 2.80. The van der Waals surface area contributed by atoms with E-state index in [4.69, 9.17) is 5.11 Å². The van der Waals surface area contributed by atoms with Gasteiger partial charge >= 0.3 is 5.97 Å². The molecule has 1 aromatic heterocycles. The Morgan fingerprint density at radius 3 is 2.62 bits per heavy atom. The van der Waals surface area contributed by atoms with Crippen LogP contribution in [-0.2, 0) is 4.79 Å². The first-order valence-corrected chi connectivity index (χ1v) is 3.70. The first-order chi connectivity index (χ1) is 6.09. The summed E-state index contributed by atoms with van der Waals surface area (Å²) in [5.74, 6) is -1.09. The Labute approximate surface area is 74.9 Å². The summed E-state index contributed by atoms with van der Waals surface area (Å²) in [6.07, 6.45) is 2.91. The maximum Gasteiger partial charge on any atom is 0.352 e. The first-order valence-electron chi connectivity index (χ1n) is 3.70. The number of rotatable bonds is 3. The highest BCUT2D eigenvalue weighted by Crippen LogP contribution is 2.03. The number of aromatic nitrogens is 1. The number of carbonyl (C=O) groups excluding carboxylic acids is 1. The second-order valence-corrected chi connectivity index (χ2v) is 2.58. The maximum atomic E-state index is 10.5. The standard InChI is InChI=1S/C9H9NO3/c1-6(11)2-3-7-4-5-8(10-7)9(12)13/h2-5,10H,1H3,(H,12,13)/b3-2+. The monoisotopic (exact) mass is 179 g/mol. The molecule has 0 saturated carbocycles. The Morgan fingerprint density at radius 2 is 2.15 bits per heavy atom. The van der Waals surface area contributed by atoms with Crippen molar-refractivity contribution in [3.63, 3.8) is 0 Å². The average molecular weight is 179 g/mol. The van der Waals surface area contributed by atoms with Gasteiger partial charge in [0, 0.05) is 5.69 Å². The van der Waals surface area contributed by atoms with Gasteiger partial charge in [-0.05, 0) is 31.2 Å². The summed E-state index contributed by atoms with van der Waals surface area (Å²) in [6, 6.07) is 3.05. The number of nitrogens with one attached hydrogen (secondary N) is 1. The van der Waals surface area contributed by atoms with E-state index in [1.165, 1.54) is 25.1 Å². The van der Waals surface area contributed by atoms with E-state index < -0.39 is 5.97 Å². The van der Waals surface area contributed by atoms with Gasteiger partial charge in [0.05, 0.1) is 0 Å². The number of hydrogen-bond donors (Lipinski definition) is 2. The molecule has 2 N–H and O–H groups in total. The lowest BCUT2D eigenvalue weighted by atomic mass is 10.3. The minimum atomic E-state index is -1.01. The van der Waals surface area contributed by atoms with Crippen LogP contribution in [-0.4, -0.2) is 21.8 Å². The Morgan fingerprint density at radius 1 is 1.46 bits per heavy atom. The number of aromatic amines is 1. The van der Waals surface area contributed by atoms with Crippen molar-refractivity contribution < 1.29 is 14.7 Å². The summed E-state index contributed by atoms with van der Waals surface area (Å²) in [6.45, 7) is 1.43. The minimum Gasteiger partial charge on any atom is -0.477 e. The third-order valence-electron chi connectivity index (χ3n) is 1.44. The van der Waals surface area contributed by atoms with E-state index in [1.807, 2.05) is 0 Å². The summed E-state index contributed by atoms with van der Waals surface area (Å²) in [5, 5.41) is 8.55. The second-order valence-electron chi connectivity index (χ2n) is 2.58. The molecule has 0 aliphatic carbocycles. The summed E-state index contributed by atoms with van der Waals surface area (Å²) < 4.78 is 0. The van der Waals surface area contributed by atoms with Crippen molar-refractivity contribution in [2.75, 3.05) is 0 Å². The third-order valence-corrected chi connectivity index (χ3v) is 1.44. The van der Waals surface area contributed by atoms with Crippen LogP contribution in [0, 0.1) is 0 Å². The van der Waals surface area contributed by atoms with Crippen LogP contribution in [0.1, 0.15) is 23.1 Å². The molecule has 1 rings (SSSR count). The molecule has 0 aliphatic rings. The van der Waals surface area contributed by atoms with Crippen LogP contribution in [0.25, 0.3) is 6.08 Å². The van der Waals surface area contributed by atoms with Crippen LogP contribution >= 0.6 is 0 Å². The highest BCUT2D eigenvalue weighted by Gasteiger charge is 2.03. The molecule has 0 aromatic carbocycles. The lowest BCUT2D eigenvalue weighted by Crippen LogP contribution is -1.95. The van der Waals surface area contributed by atoms with Crippen LogP contribution in [0.15, 0.2) is 18.2 Å². The summed E-state index contributed by atoms with van der Waals surface area (Å²) >= 11 is 0. The smallest absolute Gasteiger partial charge is 0.352 e. The van der Waals surface area contributed by atoms with Gasteiger partial charge in [-0.1, -0.05) is 0 Å². The fourth-order valence-electron chi connectivity index (χ4n) is 0.841. The van der Waals surface area contributed by atoms with Crippen LogP contribution in [0.4, 0.5) is 0 Å². The Kier molecular flexibility index (Phi) is 2.64. The highest BCUT2D eigenvalue weighted by atomic mass is 16.4. The number of carboxylic acids is 1. The van der Waals surface area contributed by atoms with Crippen molar-refractivity contribution in [1.29, 1.82) is 0 Å². The van der Waals surface area contributed by atoms with Gasteiger partial charge in [0.1, 0.15) is 5.69 Å². The van der Waals surface area contributed by atoms with E-state index in [-0.39, 0.29) is 11.5 Å². The Bertz CT molecular complexity index is 363. The van der Waals surface area contributed by atoms with E-state index in [1.54, 1.807) is 6.07 Å². The van der Waals surface area contributed by atoms with Crippen molar-refractivity contribution in [2.45, 2.75) is 6.92 Å². The number of H-pyrrole nitrogens is 1. The predicted octanol–water partition coefficient (Wildman–Crippen LogP) is 1.32. The maximum absolute atomic E-state index is 10.5. The SMILES string of the molecule is CC(=O)/C=C/c1ccc(C(=O)O)[nH]1. The van der Waals surface area contributed by atoms with Crippen molar-refractivity contribution in [2.24, 2.45) is 0 Å². The molecule has 1 heterocycles. The van der Waals surface area contributed by atoms with Gasteiger partial charge in [-0.3, -0.25) is 4.79 Å². The minimum absolute atomic E-state index is 0.0773. The number of hydrogen-bond acceptors (Lipinski definition) is 2. The molecule has 0 radical (unpaired) electrons. The molecule has 4 nitrogen and oxygen atoms in total. The molecular formula is C9H9NO3. The van der Waals surface area contributed by atoms with Crippen molar-refractivity contribution >= 4 is 17.8 Å². The van der Waals surface area contributed by atoms with Gasteiger partial charge < -0.3 is 10.1 Å². The zero-order chi connectivity index (χ0) is 9.84. The molecule has 13 heavy (non-hydrogen) atoms. The predicted molar refractivity (Wildman–Crippen MR) is 47.5 cm³/mol. The summed E-state index contributed by atoms with van der Waals surface area (Å²) in [7, 11) is 0. The van der Waals surface area contributed by atoms with E-state index in [0.717, 1.165) is 0 Å². The lowest BCUT2D eigenvalue weighted by molar-refractivity contribution is -0.112. The number of allylic oxidation sites excluding steroid dienone is 1. The zero-order valence-electron chi connectivity index (χ0n) is 7.07. The number of aromatic carboxylic acids is 1. The average Bonchev–Trinajstić information content (AvgIpc) is 2.48. The summed E-state index contributed by atoms with van der Waals surface area (Å²) in [4.78, 5) is 23.6. The molecule has 68 valence electrons. The van der Waals surface area contributed by atoms with Crippen LogP contribution in [0.2, 0.25) is 0 Å². The molecule has 1 aromatic rings. The largest absolute Gasteiger partial charge is 0.477 e. The zero-order valence-corrected chi connectivity index (χ0v) is 7.07. The Hall–Kier alpha value is -1.84. The van der Waals surface area contributed by atoms with Gasteiger partial charge in [0.2, 0.25) is 0 Å². The highest BCUT2D eigenvalue weighted by molar-refractivity contribution is 5.91. The van der Waals surface area contributed by atoms with Gasteiger partial charge in [0.15, 0.2) is 5.78 Å². The van der Waals surface area contributed by atoms with Gasteiger partial charge in [-0.15, -0.1) is 0 Å². The first kappa shape index (κ1) is 9.25. The molecule has 0 atom stereocenters. The molecule has 0 saturated heterocycles. The third kappa shape index (κ3) is 2.59. The molecule has 4 heteroatoms. The fourth-order valence-corrected chi connectivity index (χ4v) is 0.841. The van der Waals surface area contributed by atoms with Crippen molar-refractivity contribution in [3.8, 4) is 0 Å². The molecule has 0 amide bonds. The van der Waals surface area contributed by atoms with Gasteiger partial charge in [-0.25, -0.2) is 4.79 Å². The molecule has 0 fully saturated rings. The lowest BCUT2D eigenvalue weighted by Gasteiger charge is -1.86. The number of carbonyl (C=O) groups is 2. The van der Waals surface area contributed by atoms with Gasteiger partial charge in [-0.2, -0.15) is 0 Å². The molecule has 0 spiro atoms. The molecule has 0 aliphatic heterocycles. The van der Waals surface area contributed by atoms with Crippen LogP contribution < -0.4 is 0 Å².